The van der Waals surface area contributed by atoms with E-state index in [4.69, 9.17) is 7.74 Å². The molecule has 0 N–H and O–H groups in total. The van der Waals surface area contributed by atoms with Gasteiger partial charge < -0.3 is 0 Å². The van der Waals surface area contributed by atoms with Crippen LogP contribution in [0.2, 0.25) is 13.6 Å². The number of hydrogen-bond acceptors (Lipinski definition) is 2. The van der Waals surface area contributed by atoms with Crippen LogP contribution >= 0.6 is 0 Å². The van der Waals surface area contributed by atoms with E-state index in [1.54, 1.807) is 0 Å². The van der Waals surface area contributed by atoms with E-state index in [1.807, 2.05) is 20.9 Å². The van der Waals surface area contributed by atoms with E-state index in [1.165, 1.54) is 0 Å². The number of nitrogens with zero attached hydrogens (tertiary/aromatic N) is 2. The Labute approximate surface area is 74.0 Å². The van der Waals surface area contributed by atoms with Crippen molar-refractivity contribution >= 4 is 21.6 Å². The second-order valence-corrected chi connectivity index (χ2v) is 2.03. The van der Waals surface area contributed by atoms with Crippen molar-refractivity contribution in [2.24, 2.45) is 10.2 Å². The van der Waals surface area contributed by atoms with Crippen LogP contribution in [0.25, 0.3) is 0 Å². The summed E-state index contributed by atoms with van der Waals surface area (Å²) in [7, 11) is 7.36. The van der Waals surface area contributed by atoms with Gasteiger partial charge in [-0.1, -0.05) is 28.5 Å². The minimum atomic E-state index is 0. The first-order valence-corrected chi connectivity index (χ1v) is 3.14. The molecule has 0 aliphatic heterocycles. The molecular weight excluding hydrogens is 133 g/mol. The molecule has 0 unspecified atom stereocenters. The Morgan fingerprint density at radius 3 is 2.27 bits per heavy atom. The van der Waals surface area contributed by atoms with Crippen LogP contribution in [0.15, 0.2) is 10.2 Å². The smallest absolute Gasteiger partial charge is 0.138 e. The average Bonchev–Trinajstić information content (AvgIpc) is 1.80. The Balaban J connectivity index is -0.000000320. The molecule has 0 heterocycles. The van der Waals surface area contributed by atoms with Crippen molar-refractivity contribution < 1.29 is 0 Å². The highest BCUT2D eigenvalue weighted by Crippen LogP contribution is 1.78. The summed E-state index contributed by atoms with van der Waals surface area (Å²) in [5.41, 5.74) is 0. The lowest BCUT2D eigenvalue weighted by molar-refractivity contribution is 1.04. The van der Waals surface area contributed by atoms with Crippen molar-refractivity contribution in [2.75, 3.05) is 12.9 Å². The van der Waals surface area contributed by atoms with E-state index in [0.29, 0.717) is 12.9 Å². The van der Waals surface area contributed by atoms with Crippen LogP contribution in [0.1, 0.15) is 14.9 Å². The Hall–Kier alpha value is -0.205. The Morgan fingerprint density at radius 2 is 1.91 bits per heavy atom. The first-order valence-electron chi connectivity index (χ1n) is 3.14. The lowest BCUT2D eigenvalue weighted by Gasteiger charge is -1.90. The summed E-state index contributed by atoms with van der Waals surface area (Å²) in [6, 6.07) is 0. The molecule has 0 aromatic carbocycles. The largest absolute Gasteiger partial charge is 0.204 e. The zero-order valence-electron chi connectivity index (χ0n) is 6.04. The van der Waals surface area contributed by atoms with Crippen molar-refractivity contribution in [1.82, 2.24) is 0 Å². The highest BCUT2D eigenvalue weighted by atomic mass is 15.1. The fourth-order valence-corrected chi connectivity index (χ4v) is 0.326. The molecule has 0 rings (SSSR count). The highest BCUT2D eigenvalue weighted by molar-refractivity contribution is 7.02. The van der Waals surface area contributed by atoms with E-state index < -0.39 is 0 Å². The van der Waals surface area contributed by atoms with Crippen LogP contribution in [-0.2, 0) is 0 Å². The minimum Gasteiger partial charge on any atom is -0.204 e. The minimum absolute atomic E-state index is 0. The van der Waals surface area contributed by atoms with Gasteiger partial charge in [0.15, 0.2) is 0 Å². The van der Waals surface area contributed by atoms with Crippen molar-refractivity contribution in [3.63, 3.8) is 0 Å². The van der Waals surface area contributed by atoms with Gasteiger partial charge in [0.05, 0.1) is 0 Å². The molecule has 0 fully saturated rings. The van der Waals surface area contributed by atoms with Crippen LogP contribution in [0, 0.1) is 0 Å². The van der Waals surface area contributed by atoms with Gasteiger partial charge in [0.2, 0.25) is 0 Å². The van der Waals surface area contributed by atoms with E-state index in [-0.39, 0.29) is 21.5 Å². The van der Waals surface area contributed by atoms with Gasteiger partial charge in [-0.15, -0.1) is 0 Å². The molecule has 61 valence electrons. The summed E-state index contributed by atoms with van der Waals surface area (Å²) in [5, 5.41) is 7.65. The Kier molecular flexibility index (Phi) is 19.3. The topological polar surface area (TPSA) is 24.7 Å². The second-order valence-electron chi connectivity index (χ2n) is 2.03. The fourth-order valence-electron chi connectivity index (χ4n) is 0.326. The molecule has 3 radical (unpaired) electrons. The molecule has 2 nitrogen and oxygen atoms in total. The van der Waals surface area contributed by atoms with Crippen LogP contribution in [-0.4, -0.2) is 34.5 Å². The standard InChI is InChI=1S/C4H10B3N2.2CH4/c1-6-3-8-9-4-7(2)5;;/h3-4H2,1-2H3;2*1H4. The van der Waals surface area contributed by atoms with E-state index in [9.17, 15) is 0 Å². The van der Waals surface area contributed by atoms with Crippen molar-refractivity contribution in [1.29, 1.82) is 0 Å². The van der Waals surface area contributed by atoms with E-state index in [2.05, 4.69) is 10.2 Å². The zero-order valence-corrected chi connectivity index (χ0v) is 6.04. The maximum absolute atomic E-state index is 5.41. The summed E-state index contributed by atoms with van der Waals surface area (Å²) < 4.78 is 0. The number of azo groups is 1. The molecule has 0 atom stereocenters. The van der Waals surface area contributed by atoms with Crippen LogP contribution in [0.3, 0.4) is 0 Å². The summed E-state index contributed by atoms with van der Waals surface area (Å²) in [4.78, 5) is 0. The zero-order chi connectivity index (χ0) is 7.11. The first-order chi connectivity index (χ1) is 4.27. The van der Waals surface area contributed by atoms with Gasteiger partial charge in [-0.05, 0) is 0 Å². The summed E-state index contributed by atoms with van der Waals surface area (Å²) in [6.45, 7) is 3.99. The third-order valence-electron chi connectivity index (χ3n) is 0.734. The molecule has 0 spiro atoms. The first kappa shape index (κ1) is 17.0. The molecule has 11 heavy (non-hydrogen) atoms. The molecule has 5 heteroatoms. The van der Waals surface area contributed by atoms with Gasteiger partial charge in [0.1, 0.15) is 13.9 Å². The van der Waals surface area contributed by atoms with E-state index >= 15 is 0 Å². The van der Waals surface area contributed by atoms with Gasteiger partial charge in [0, 0.05) is 20.6 Å². The lowest BCUT2D eigenvalue weighted by atomic mass is 9.35. The summed E-state index contributed by atoms with van der Waals surface area (Å²) >= 11 is 0. The van der Waals surface area contributed by atoms with Gasteiger partial charge in [-0.25, -0.2) is 10.2 Å². The van der Waals surface area contributed by atoms with Crippen LogP contribution in [0.4, 0.5) is 0 Å². The molecule has 0 aliphatic carbocycles. The van der Waals surface area contributed by atoms with Gasteiger partial charge in [-0.3, -0.25) is 0 Å². The third-order valence-corrected chi connectivity index (χ3v) is 0.734. The van der Waals surface area contributed by atoms with Crippen molar-refractivity contribution in [2.45, 2.75) is 28.5 Å². The maximum Gasteiger partial charge on any atom is 0.138 e. The molecule has 0 saturated heterocycles. The Morgan fingerprint density at radius 1 is 1.36 bits per heavy atom. The number of rotatable bonds is 4. The average molecular weight is 151 g/mol. The van der Waals surface area contributed by atoms with Gasteiger partial charge >= 0.3 is 0 Å². The maximum atomic E-state index is 5.41. The third kappa shape index (κ3) is 17.7. The monoisotopic (exact) mass is 151 g/mol. The molecule has 0 bridgehead atoms. The molecule has 0 aliphatic rings. The van der Waals surface area contributed by atoms with Crippen LogP contribution in [0.5, 0.6) is 0 Å². The normalized spacial score (nSPS) is 8.18. The molecule has 0 amide bonds. The van der Waals surface area contributed by atoms with E-state index in [0.717, 1.165) is 0 Å². The highest BCUT2D eigenvalue weighted by Gasteiger charge is 1.92. The summed E-state index contributed by atoms with van der Waals surface area (Å²) in [6.07, 6.45) is 1.33. The molecule has 0 aromatic rings. The lowest BCUT2D eigenvalue weighted by Crippen LogP contribution is -2.11. The molecule has 0 aromatic heterocycles. The second kappa shape index (κ2) is 12.5. The SMILES string of the molecule is C.C.[B]B(C)CN=NC[B]C. The predicted octanol–water partition coefficient (Wildman–Crippen LogP) is 1.75. The Bertz CT molecular complexity index is 85.9. The summed E-state index contributed by atoms with van der Waals surface area (Å²) in [5.74, 6) is 0. The van der Waals surface area contributed by atoms with Crippen molar-refractivity contribution in [3.8, 4) is 0 Å². The molecular formula is C6H18B3N2. The van der Waals surface area contributed by atoms with Crippen molar-refractivity contribution in [3.05, 3.63) is 0 Å². The predicted molar refractivity (Wildman–Crippen MR) is 57.0 cm³/mol. The van der Waals surface area contributed by atoms with Gasteiger partial charge in [0.25, 0.3) is 0 Å². The van der Waals surface area contributed by atoms with Crippen LogP contribution < -0.4 is 0 Å². The van der Waals surface area contributed by atoms with Gasteiger partial charge in [-0.2, -0.15) is 0 Å². The quantitative estimate of drug-likeness (QED) is 0.431. The number of hydrogen-bond donors (Lipinski definition) is 0. The molecule has 0 saturated carbocycles. The fraction of sp³-hybridized carbons (Fsp3) is 1.00.